The van der Waals surface area contributed by atoms with Crippen molar-refractivity contribution in [2.75, 3.05) is 6.61 Å². The summed E-state index contributed by atoms with van der Waals surface area (Å²) in [6.45, 7) is 5.45. The molecule has 0 aliphatic heterocycles. The molecule has 1 unspecified atom stereocenters. The molecule has 0 heterocycles. The predicted molar refractivity (Wildman–Crippen MR) is 76.7 cm³/mol. The number of benzene rings is 1. The average Bonchev–Trinajstić information content (AvgIpc) is 2.26. The summed E-state index contributed by atoms with van der Waals surface area (Å²) in [7, 11) is -3.87. The molecule has 0 aliphatic rings. The van der Waals surface area contributed by atoms with E-state index in [1.54, 1.807) is 0 Å². The fourth-order valence-electron chi connectivity index (χ4n) is 1.74. The zero-order valence-corrected chi connectivity index (χ0v) is 13.2. The number of nitrogens with one attached hydrogen (secondary N) is 1. The molecule has 0 aliphatic carbocycles. The zero-order chi connectivity index (χ0) is 15.6. The second kappa shape index (κ2) is 6.39. The highest BCUT2D eigenvalue weighted by molar-refractivity contribution is 7.89. The number of rotatable bonds is 5. The molecule has 1 atom stereocenters. The first kappa shape index (κ1) is 17.4. The highest BCUT2D eigenvalue weighted by Gasteiger charge is 2.30. The first-order valence-corrected chi connectivity index (χ1v) is 8.02. The minimum Gasteiger partial charge on any atom is -0.396 e. The van der Waals surface area contributed by atoms with E-state index in [2.05, 4.69) is 4.72 Å². The summed E-state index contributed by atoms with van der Waals surface area (Å²) in [4.78, 5) is -0.173. The number of aliphatic hydroxyl groups is 1. The Kier molecular flexibility index (Phi) is 5.54. The highest BCUT2D eigenvalue weighted by atomic mass is 35.5. The van der Waals surface area contributed by atoms with Gasteiger partial charge >= 0.3 is 0 Å². The van der Waals surface area contributed by atoms with Crippen LogP contribution in [0, 0.1) is 11.2 Å². The maximum absolute atomic E-state index is 13.0. The van der Waals surface area contributed by atoms with E-state index in [0.29, 0.717) is 0 Å². The molecule has 0 radical (unpaired) electrons. The average molecular weight is 324 g/mol. The van der Waals surface area contributed by atoms with E-state index >= 15 is 0 Å². The normalized spacial score (nSPS) is 14.3. The summed E-state index contributed by atoms with van der Waals surface area (Å²) in [6, 6.07) is 2.66. The Balaban J connectivity index is 3.10. The van der Waals surface area contributed by atoms with Gasteiger partial charge in [-0.2, -0.15) is 0 Å². The fourth-order valence-corrected chi connectivity index (χ4v) is 3.75. The van der Waals surface area contributed by atoms with Crippen LogP contribution in [0.25, 0.3) is 0 Å². The second-order valence-corrected chi connectivity index (χ2v) is 7.72. The van der Waals surface area contributed by atoms with Gasteiger partial charge in [-0.05, 0) is 30.0 Å². The molecule has 0 fully saturated rings. The van der Waals surface area contributed by atoms with Crippen molar-refractivity contribution in [3.63, 3.8) is 0 Å². The van der Waals surface area contributed by atoms with Gasteiger partial charge in [0.1, 0.15) is 10.7 Å². The molecular weight excluding hydrogens is 305 g/mol. The van der Waals surface area contributed by atoms with Crippen molar-refractivity contribution in [2.24, 2.45) is 5.41 Å². The summed E-state index contributed by atoms with van der Waals surface area (Å²) in [6.07, 6.45) is 0.279. The van der Waals surface area contributed by atoms with E-state index in [1.807, 2.05) is 20.8 Å². The van der Waals surface area contributed by atoms with Crippen molar-refractivity contribution < 1.29 is 17.9 Å². The van der Waals surface area contributed by atoms with Crippen LogP contribution < -0.4 is 4.72 Å². The Labute approximate surface area is 124 Å². The van der Waals surface area contributed by atoms with E-state index in [0.717, 1.165) is 18.2 Å². The molecule has 0 aromatic heterocycles. The molecule has 1 rings (SSSR count). The van der Waals surface area contributed by atoms with Crippen LogP contribution in [-0.4, -0.2) is 26.2 Å². The Morgan fingerprint density at radius 3 is 2.45 bits per heavy atom. The lowest BCUT2D eigenvalue weighted by molar-refractivity contribution is 0.214. The van der Waals surface area contributed by atoms with Gasteiger partial charge in [-0.1, -0.05) is 32.4 Å². The van der Waals surface area contributed by atoms with E-state index in [-0.39, 0.29) is 28.4 Å². The summed E-state index contributed by atoms with van der Waals surface area (Å²) in [5.74, 6) is -0.600. The number of hydrogen-bond donors (Lipinski definition) is 2. The van der Waals surface area contributed by atoms with Gasteiger partial charge in [0.15, 0.2) is 0 Å². The first-order valence-electron chi connectivity index (χ1n) is 6.16. The quantitative estimate of drug-likeness (QED) is 0.875. The third-order valence-corrected chi connectivity index (χ3v) is 4.90. The lowest BCUT2D eigenvalue weighted by Crippen LogP contribution is -2.44. The number of aliphatic hydroxyl groups excluding tert-OH is 1. The van der Waals surface area contributed by atoms with Crippen LogP contribution in [0.15, 0.2) is 23.1 Å². The smallest absolute Gasteiger partial charge is 0.242 e. The minimum atomic E-state index is -3.87. The molecule has 7 heteroatoms. The van der Waals surface area contributed by atoms with Crippen LogP contribution in [0.3, 0.4) is 0 Å². The Bertz CT molecular complexity index is 569. The molecule has 0 saturated heterocycles. The fraction of sp³-hybridized carbons (Fsp3) is 0.538. The number of sulfonamides is 1. The SMILES string of the molecule is CC(C)(C)C(CCO)NS(=O)(=O)c1ccc(F)cc1Cl. The van der Waals surface area contributed by atoms with Crippen LogP contribution in [0.4, 0.5) is 4.39 Å². The van der Waals surface area contributed by atoms with Gasteiger partial charge in [0.25, 0.3) is 0 Å². The number of halogens is 2. The van der Waals surface area contributed by atoms with Crippen molar-refractivity contribution in [3.05, 3.63) is 29.0 Å². The maximum atomic E-state index is 13.0. The van der Waals surface area contributed by atoms with Crippen molar-refractivity contribution in [3.8, 4) is 0 Å². The van der Waals surface area contributed by atoms with Crippen LogP contribution in [-0.2, 0) is 10.0 Å². The van der Waals surface area contributed by atoms with Gasteiger partial charge in [-0.3, -0.25) is 0 Å². The van der Waals surface area contributed by atoms with Crippen LogP contribution in [0.1, 0.15) is 27.2 Å². The standard InChI is InChI=1S/C13H19ClFNO3S/c1-13(2,3)12(6-7-17)16-20(18,19)11-5-4-9(15)8-10(11)14/h4-5,8,12,16-17H,6-7H2,1-3H3. The second-order valence-electron chi connectivity index (χ2n) is 5.63. The van der Waals surface area contributed by atoms with Gasteiger partial charge in [-0.15, -0.1) is 0 Å². The largest absolute Gasteiger partial charge is 0.396 e. The van der Waals surface area contributed by atoms with Gasteiger partial charge < -0.3 is 5.11 Å². The molecule has 1 aromatic rings. The predicted octanol–water partition coefficient (Wildman–Crippen LogP) is 2.55. The first-order chi connectivity index (χ1) is 9.08. The monoisotopic (exact) mass is 323 g/mol. The van der Waals surface area contributed by atoms with Gasteiger partial charge in [-0.25, -0.2) is 17.5 Å². The zero-order valence-electron chi connectivity index (χ0n) is 11.7. The topological polar surface area (TPSA) is 66.4 Å². The lowest BCUT2D eigenvalue weighted by atomic mass is 9.86. The summed E-state index contributed by atoms with van der Waals surface area (Å²) in [5, 5.41) is 8.88. The Morgan fingerprint density at radius 1 is 1.40 bits per heavy atom. The molecule has 2 N–H and O–H groups in total. The molecule has 0 amide bonds. The Morgan fingerprint density at radius 2 is 2.00 bits per heavy atom. The van der Waals surface area contributed by atoms with Crippen LogP contribution in [0.5, 0.6) is 0 Å². The van der Waals surface area contributed by atoms with Crippen molar-refractivity contribution >= 4 is 21.6 Å². The van der Waals surface area contributed by atoms with E-state index in [1.165, 1.54) is 0 Å². The highest BCUT2D eigenvalue weighted by Crippen LogP contribution is 2.26. The van der Waals surface area contributed by atoms with E-state index in [9.17, 15) is 12.8 Å². The molecule has 4 nitrogen and oxygen atoms in total. The molecule has 20 heavy (non-hydrogen) atoms. The molecular formula is C13H19ClFNO3S. The molecule has 114 valence electrons. The summed E-state index contributed by atoms with van der Waals surface area (Å²) in [5.41, 5.74) is -0.373. The maximum Gasteiger partial charge on any atom is 0.242 e. The van der Waals surface area contributed by atoms with Crippen molar-refractivity contribution in [2.45, 2.75) is 38.1 Å². The summed E-state index contributed by atoms with van der Waals surface area (Å²) >= 11 is 5.78. The van der Waals surface area contributed by atoms with Crippen LogP contribution >= 0.6 is 11.6 Å². The van der Waals surface area contributed by atoms with Gasteiger partial charge in [0, 0.05) is 12.6 Å². The van der Waals surface area contributed by atoms with Crippen molar-refractivity contribution in [1.29, 1.82) is 0 Å². The molecule has 0 saturated carbocycles. The molecule has 1 aromatic carbocycles. The van der Waals surface area contributed by atoms with E-state index < -0.39 is 21.9 Å². The van der Waals surface area contributed by atoms with Gasteiger partial charge in [0.05, 0.1) is 5.02 Å². The third-order valence-electron chi connectivity index (χ3n) is 2.94. The lowest BCUT2D eigenvalue weighted by Gasteiger charge is -2.30. The molecule has 0 spiro atoms. The van der Waals surface area contributed by atoms with E-state index in [4.69, 9.17) is 16.7 Å². The number of hydrogen-bond acceptors (Lipinski definition) is 3. The van der Waals surface area contributed by atoms with Crippen LogP contribution in [0.2, 0.25) is 5.02 Å². The summed E-state index contributed by atoms with van der Waals surface area (Å²) < 4.78 is 40.1. The van der Waals surface area contributed by atoms with Gasteiger partial charge in [0.2, 0.25) is 10.0 Å². The van der Waals surface area contributed by atoms with Crippen molar-refractivity contribution in [1.82, 2.24) is 4.72 Å². The third kappa shape index (κ3) is 4.41. The minimum absolute atomic E-state index is 0.137. The Hall–Kier alpha value is -0.690. The molecule has 0 bridgehead atoms.